The topological polar surface area (TPSA) is 51.4 Å². The average Bonchev–Trinajstić information content (AvgIpc) is 3.92. The second-order valence-electron chi connectivity index (χ2n) is 15.7. The van der Waals surface area contributed by atoms with Gasteiger partial charge in [0.1, 0.15) is 5.82 Å². The molecule has 0 aliphatic carbocycles. The van der Waals surface area contributed by atoms with Crippen molar-refractivity contribution >= 4 is 66.4 Å². The van der Waals surface area contributed by atoms with Crippen LogP contribution in [0, 0.1) is 18.8 Å². The van der Waals surface area contributed by atoms with Gasteiger partial charge >= 0.3 is 0 Å². The first-order valence-electron chi connectivity index (χ1n) is 19.5. The number of aromatic nitrogens is 4. The van der Waals surface area contributed by atoms with Crippen LogP contribution in [0.5, 0.6) is 11.5 Å². The molecule has 0 saturated carbocycles. The Labute approximate surface area is 357 Å². The van der Waals surface area contributed by atoms with E-state index in [0.717, 1.165) is 61.6 Å². The van der Waals surface area contributed by atoms with Crippen molar-refractivity contribution in [3.63, 3.8) is 0 Å². The Balaban J connectivity index is 0.00000420. The summed E-state index contributed by atoms with van der Waals surface area (Å²) in [4.78, 5) is 13.7. The molecule has 0 radical (unpaired) electrons. The van der Waals surface area contributed by atoms with Gasteiger partial charge in [0.25, 0.3) is 0 Å². The van der Waals surface area contributed by atoms with Crippen molar-refractivity contribution in [3.05, 3.63) is 189 Å². The molecular formula is C51H37N6OPt-3. The molecule has 5 heterocycles. The van der Waals surface area contributed by atoms with Crippen molar-refractivity contribution in [2.75, 3.05) is 9.80 Å². The van der Waals surface area contributed by atoms with Crippen molar-refractivity contribution in [2.45, 2.75) is 26.2 Å². The van der Waals surface area contributed by atoms with E-state index in [1.807, 2.05) is 48.9 Å². The Morgan fingerprint density at radius 3 is 2.10 bits per heavy atom. The first-order chi connectivity index (χ1) is 28.4. The van der Waals surface area contributed by atoms with Gasteiger partial charge in [-0.1, -0.05) is 80.9 Å². The monoisotopic (exact) mass is 944 g/mol. The molecule has 4 aromatic heterocycles. The SMILES string of the molecule is CC(C)(C)c1ccnc(-n2c3[c-]c(Oc4[c-]c(N5[CH-]N(c6ccc7c(c6)c6ccccc6n7-c6ccccc6)c6cnccc65)ccc4)ccc3c3ccccc32)c1.[Pt]. The number of hydrogen-bond donors (Lipinski definition) is 0. The molecule has 1 aliphatic heterocycles. The minimum absolute atomic E-state index is 0. The molecular weight excluding hydrogens is 908 g/mol. The second-order valence-corrected chi connectivity index (χ2v) is 15.7. The van der Waals surface area contributed by atoms with Crippen molar-refractivity contribution < 1.29 is 25.8 Å². The fraction of sp³-hybridized carbons (Fsp3) is 0.0784. The van der Waals surface area contributed by atoms with Crippen LogP contribution in [-0.4, -0.2) is 19.1 Å². The van der Waals surface area contributed by atoms with Gasteiger partial charge in [0.15, 0.2) is 0 Å². The van der Waals surface area contributed by atoms with E-state index in [1.54, 1.807) is 0 Å². The van der Waals surface area contributed by atoms with E-state index >= 15 is 0 Å². The van der Waals surface area contributed by atoms with Gasteiger partial charge in [-0.25, -0.2) is 4.98 Å². The Bertz CT molecular complexity index is 3200. The smallest absolute Gasteiger partial charge is 0.135 e. The maximum Gasteiger partial charge on any atom is 0.135 e. The molecule has 59 heavy (non-hydrogen) atoms. The molecule has 10 aromatic rings. The van der Waals surface area contributed by atoms with Crippen LogP contribution in [-0.2, 0) is 26.5 Å². The van der Waals surface area contributed by atoms with E-state index in [1.165, 1.54) is 21.9 Å². The van der Waals surface area contributed by atoms with E-state index in [2.05, 4.69) is 179 Å². The summed E-state index contributed by atoms with van der Waals surface area (Å²) in [6.45, 7) is 8.77. The van der Waals surface area contributed by atoms with E-state index < -0.39 is 0 Å². The molecule has 290 valence electrons. The quantitative estimate of drug-likeness (QED) is 0.156. The molecule has 6 aromatic carbocycles. The number of rotatable bonds is 6. The Morgan fingerprint density at radius 1 is 0.559 bits per heavy atom. The summed E-state index contributed by atoms with van der Waals surface area (Å²) in [5.41, 5.74) is 10.5. The van der Waals surface area contributed by atoms with Crippen LogP contribution in [0.2, 0.25) is 0 Å². The summed E-state index contributed by atoms with van der Waals surface area (Å²) < 4.78 is 11.1. The fourth-order valence-electron chi connectivity index (χ4n) is 8.31. The van der Waals surface area contributed by atoms with Gasteiger partial charge in [-0.3, -0.25) is 4.98 Å². The van der Waals surface area contributed by atoms with Gasteiger partial charge in [0.2, 0.25) is 0 Å². The van der Waals surface area contributed by atoms with Crippen molar-refractivity contribution in [1.29, 1.82) is 0 Å². The van der Waals surface area contributed by atoms with Gasteiger partial charge in [-0.2, -0.15) is 12.1 Å². The van der Waals surface area contributed by atoms with Crippen molar-refractivity contribution in [2.24, 2.45) is 0 Å². The van der Waals surface area contributed by atoms with Gasteiger partial charge in [0, 0.05) is 78.3 Å². The summed E-state index contributed by atoms with van der Waals surface area (Å²) in [5, 5.41) is 4.61. The number of para-hydroxylation sites is 3. The van der Waals surface area contributed by atoms with Crippen LogP contribution >= 0.6 is 0 Å². The number of anilines is 4. The van der Waals surface area contributed by atoms with Crippen LogP contribution < -0.4 is 14.5 Å². The zero-order valence-electron chi connectivity index (χ0n) is 32.6. The zero-order valence-corrected chi connectivity index (χ0v) is 34.8. The fourth-order valence-corrected chi connectivity index (χ4v) is 8.31. The average molecular weight is 945 g/mol. The van der Waals surface area contributed by atoms with Crippen LogP contribution in [0.25, 0.3) is 55.1 Å². The number of benzene rings is 6. The predicted molar refractivity (Wildman–Crippen MR) is 235 cm³/mol. The van der Waals surface area contributed by atoms with E-state index in [4.69, 9.17) is 9.72 Å². The molecule has 0 unspecified atom stereocenters. The Morgan fingerprint density at radius 2 is 1.29 bits per heavy atom. The third kappa shape index (κ3) is 6.16. The molecule has 11 rings (SSSR count). The minimum Gasteiger partial charge on any atom is -0.509 e. The number of hydrogen-bond acceptors (Lipinski definition) is 5. The first kappa shape index (κ1) is 36.6. The summed E-state index contributed by atoms with van der Waals surface area (Å²) >= 11 is 0. The normalized spacial score (nSPS) is 12.7. The molecule has 8 heteroatoms. The number of nitrogens with zero attached hydrogens (tertiary/aromatic N) is 6. The van der Waals surface area contributed by atoms with Crippen LogP contribution in [0.1, 0.15) is 26.3 Å². The summed E-state index contributed by atoms with van der Waals surface area (Å²) in [5.74, 6) is 2.03. The molecule has 0 bridgehead atoms. The molecule has 0 saturated heterocycles. The second kappa shape index (κ2) is 14.3. The van der Waals surface area contributed by atoms with E-state index in [-0.39, 0.29) is 26.5 Å². The Kier molecular flexibility index (Phi) is 8.88. The number of pyridine rings is 2. The van der Waals surface area contributed by atoms with Gasteiger partial charge in [-0.15, -0.1) is 48.1 Å². The molecule has 7 nitrogen and oxygen atoms in total. The van der Waals surface area contributed by atoms with E-state index in [0.29, 0.717) is 11.5 Å². The van der Waals surface area contributed by atoms with Crippen molar-refractivity contribution in [1.82, 2.24) is 19.1 Å². The predicted octanol–water partition coefficient (Wildman–Crippen LogP) is 12.8. The molecule has 0 N–H and O–H groups in total. The first-order valence-corrected chi connectivity index (χ1v) is 19.5. The van der Waals surface area contributed by atoms with Gasteiger partial charge in [-0.05, 0) is 77.0 Å². The number of fused-ring (bicyclic) bond motifs is 7. The molecule has 0 amide bonds. The largest absolute Gasteiger partial charge is 0.509 e. The standard InChI is InChI=1S/C51H37N6O.Pt/c1-51(2,3)34-24-27-53-50(28-34)57-45-19-10-7-16-40(45)42-22-21-39(31-48(42)57)58-38-15-11-14-36(29-38)54-33-55(49-32-52-26-25-47(49)54)37-20-23-46-43(30-37)41-17-8-9-18-44(41)56(46)35-12-5-4-6-13-35;/h4-28,30,32-33H,1-3H3;/q-3;. The molecule has 1 aliphatic rings. The summed E-state index contributed by atoms with van der Waals surface area (Å²) in [6.07, 6.45) is 5.64. The number of ether oxygens (including phenoxy) is 1. The molecule has 0 spiro atoms. The van der Waals surface area contributed by atoms with Gasteiger partial charge < -0.3 is 23.7 Å². The van der Waals surface area contributed by atoms with Crippen molar-refractivity contribution in [3.8, 4) is 23.0 Å². The van der Waals surface area contributed by atoms with Crippen LogP contribution in [0.4, 0.5) is 22.7 Å². The minimum atomic E-state index is -0.0199. The van der Waals surface area contributed by atoms with E-state index in [9.17, 15) is 0 Å². The Hall–Kier alpha value is -6.69. The van der Waals surface area contributed by atoms with Crippen LogP contribution in [0.3, 0.4) is 0 Å². The molecule has 0 fully saturated rings. The molecule has 0 atom stereocenters. The van der Waals surface area contributed by atoms with Gasteiger partial charge in [0.05, 0.1) is 22.9 Å². The van der Waals surface area contributed by atoms with Crippen LogP contribution in [0.15, 0.2) is 164 Å². The summed E-state index contributed by atoms with van der Waals surface area (Å²) in [6, 6.07) is 57.8. The maximum atomic E-state index is 6.57. The zero-order chi connectivity index (χ0) is 39.0. The maximum absolute atomic E-state index is 6.57. The third-order valence-corrected chi connectivity index (χ3v) is 11.1. The third-order valence-electron chi connectivity index (χ3n) is 11.1. The summed E-state index contributed by atoms with van der Waals surface area (Å²) in [7, 11) is 0.